The van der Waals surface area contributed by atoms with Gasteiger partial charge in [0.2, 0.25) is 0 Å². The van der Waals surface area contributed by atoms with E-state index in [0.29, 0.717) is 12.6 Å². The molecule has 0 unspecified atom stereocenters. The van der Waals surface area contributed by atoms with Crippen LogP contribution in [0.4, 0.5) is 6.01 Å². The summed E-state index contributed by atoms with van der Waals surface area (Å²) in [7, 11) is 1.95. The van der Waals surface area contributed by atoms with Crippen molar-refractivity contribution in [3.63, 3.8) is 0 Å². The van der Waals surface area contributed by atoms with Crippen LogP contribution in [0.25, 0.3) is 0 Å². The summed E-state index contributed by atoms with van der Waals surface area (Å²) < 4.78 is 10.7. The van der Waals surface area contributed by atoms with E-state index in [4.69, 9.17) is 9.15 Å². The minimum Gasteiger partial charge on any atom is -0.432 e. The Kier molecular flexibility index (Phi) is 6.65. The second-order valence-electron chi connectivity index (χ2n) is 3.92. The molecule has 5 heteroatoms. The minimum atomic E-state index is 0.651. The van der Waals surface area contributed by atoms with Crippen molar-refractivity contribution in [2.45, 2.75) is 26.8 Å². The van der Waals surface area contributed by atoms with Gasteiger partial charge in [-0.05, 0) is 19.9 Å². The Morgan fingerprint density at radius 1 is 1.47 bits per heavy atom. The molecule has 0 fully saturated rings. The van der Waals surface area contributed by atoms with Crippen LogP contribution in [-0.2, 0) is 11.3 Å². The number of oxazole rings is 1. The average Bonchev–Trinajstić information content (AvgIpc) is 2.78. The quantitative estimate of drug-likeness (QED) is 0.666. The van der Waals surface area contributed by atoms with E-state index < -0.39 is 0 Å². The van der Waals surface area contributed by atoms with Crippen molar-refractivity contribution in [1.82, 2.24) is 10.3 Å². The molecule has 0 bridgehead atoms. The summed E-state index contributed by atoms with van der Waals surface area (Å²) in [6.45, 7) is 8.12. The number of aromatic nitrogens is 1. The number of nitrogens with one attached hydrogen (secondary N) is 1. The molecule has 0 aliphatic carbocycles. The summed E-state index contributed by atoms with van der Waals surface area (Å²) in [6.07, 6.45) is 2.83. The summed E-state index contributed by atoms with van der Waals surface area (Å²) in [5, 5.41) is 3.29. The summed E-state index contributed by atoms with van der Waals surface area (Å²) in [6, 6.07) is 0.651. The Morgan fingerprint density at radius 3 is 3.00 bits per heavy atom. The molecular weight excluding hydrogens is 218 g/mol. The topological polar surface area (TPSA) is 50.5 Å². The van der Waals surface area contributed by atoms with Gasteiger partial charge in [-0.25, -0.2) is 0 Å². The highest BCUT2D eigenvalue weighted by Gasteiger charge is 2.08. The van der Waals surface area contributed by atoms with E-state index in [9.17, 15) is 0 Å². The fraction of sp³-hybridized carbons (Fsp3) is 0.750. The monoisotopic (exact) mass is 241 g/mol. The molecule has 0 aliphatic heterocycles. The summed E-state index contributed by atoms with van der Waals surface area (Å²) in [5.41, 5.74) is 0.941. The van der Waals surface area contributed by atoms with Gasteiger partial charge in [0.1, 0.15) is 6.26 Å². The van der Waals surface area contributed by atoms with E-state index in [-0.39, 0.29) is 0 Å². The molecular formula is C12H23N3O2. The van der Waals surface area contributed by atoms with E-state index in [0.717, 1.165) is 38.4 Å². The normalized spacial score (nSPS) is 10.8. The lowest BCUT2D eigenvalue weighted by Crippen LogP contribution is -2.23. The number of hydrogen-bond donors (Lipinski definition) is 1. The summed E-state index contributed by atoms with van der Waals surface area (Å²) in [4.78, 5) is 6.36. The van der Waals surface area contributed by atoms with Gasteiger partial charge in [0.15, 0.2) is 0 Å². The van der Waals surface area contributed by atoms with Crippen molar-refractivity contribution >= 4 is 6.01 Å². The first-order valence-corrected chi connectivity index (χ1v) is 6.21. The third-order valence-electron chi connectivity index (χ3n) is 2.37. The van der Waals surface area contributed by atoms with Gasteiger partial charge in [0, 0.05) is 26.7 Å². The molecule has 0 spiro atoms. The molecule has 1 heterocycles. The Balaban J connectivity index is 2.33. The first kappa shape index (κ1) is 14.0. The summed E-state index contributed by atoms with van der Waals surface area (Å²) in [5.74, 6) is 0. The average molecular weight is 241 g/mol. The van der Waals surface area contributed by atoms with Crippen LogP contribution in [0.2, 0.25) is 0 Å². The van der Waals surface area contributed by atoms with Crippen LogP contribution in [0, 0.1) is 0 Å². The molecule has 0 aliphatic rings. The molecule has 0 amide bonds. The molecule has 0 saturated carbocycles. The largest absolute Gasteiger partial charge is 0.432 e. The van der Waals surface area contributed by atoms with Crippen LogP contribution in [0.3, 0.4) is 0 Å². The molecule has 0 aromatic carbocycles. The van der Waals surface area contributed by atoms with Crippen LogP contribution in [0.5, 0.6) is 0 Å². The lowest BCUT2D eigenvalue weighted by molar-refractivity contribution is 0.154. The molecule has 1 aromatic rings. The SMILES string of the molecule is CCCNCc1coc(N(C)CCOCC)n1. The van der Waals surface area contributed by atoms with Crippen molar-refractivity contribution in [2.75, 3.05) is 38.3 Å². The third kappa shape index (κ3) is 5.19. The second kappa shape index (κ2) is 8.08. The highest BCUT2D eigenvalue weighted by atomic mass is 16.5. The Labute approximate surface area is 103 Å². The highest BCUT2D eigenvalue weighted by Crippen LogP contribution is 2.11. The second-order valence-corrected chi connectivity index (χ2v) is 3.92. The van der Waals surface area contributed by atoms with Crippen LogP contribution in [0.15, 0.2) is 10.7 Å². The zero-order chi connectivity index (χ0) is 12.5. The van der Waals surface area contributed by atoms with Gasteiger partial charge in [-0.15, -0.1) is 0 Å². The zero-order valence-corrected chi connectivity index (χ0v) is 11.0. The molecule has 1 N–H and O–H groups in total. The maximum absolute atomic E-state index is 5.41. The van der Waals surface area contributed by atoms with E-state index in [1.807, 2.05) is 18.9 Å². The van der Waals surface area contributed by atoms with Gasteiger partial charge in [-0.3, -0.25) is 0 Å². The van der Waals surface area contributed by atoms with Crippen LogP contribution < -0.4 is 10.2 Å². The van der Waals surface area contributed by atoms with Gasteiger partial charge < -0.3 is 19.4 Å². The maximum Gasteiger partial charge on any atom is 0.297 e. The van der Waals surface area contributed by atoms with Crippen molar-refractivity contribution < 1.29 is 9.15 Å². The fourth-order valence-corrected chi connectivity index (χ4v) is 1.39. The van der Waals surface area contributed by atoms with Gasteiger partial charge in [0.05, 0.1) is 12.3 Å². The van der Waals surface area contributed by atoms with Gasteiger partial charge in [0.25, 0.3) is 6.01 Å². The third-order valence-corrected chi connectivity index (χ3v) is 2.37. The maximum atomic E-state index is 5.41. The number of likely N-dealkylation sites (N-methyl/N-ethyl adjacent to an activating group) is 1. The predicted molar refractivity (Wildman–Crippen MR) is 68.3 cm³/mol. The first-order chi connectivity index (χ1) is 8.27. The zero-order valence-electron chi connectivity index (χ0n) is 11.0. The highest BCUT2D eigenvalue weighted by molar-refractivity contribution is 5.24. The fourth-order valence-electron chi connectivity index (χ4n) is 1.39. The van der Waals surface area contributed by atoms with E-state index in [2.05, 4.69) is 17.2 Å². The van der Waals surface area contributed by atoms with Crippen LogP contribution in [0.1, 0.15) is 26.0 Å². The Morgan fingerprint density at radius 2 is 2.29 bits per heavy atom. The van der Waals surface area contributed by atoms with E-state index >= 15 is 0 Å². The van der Waals surface area contributed by atoms with Crippen molar-refractivity contribution in [2.24, 2.45) is 0 Å². The lowest BCUT2D eigenvalue weighted by Gasteiger charge is -2.13. The molecule has 1 aromatic heterocycles. The van der Waals surface area contributed by atoms with Crippen LogP contribution >= 0.6 is 0 Å². The van der Waals surface area contributed by atoms with Gasteiger partial charge in [-0.1, -0.05) is 6.92 Å². The first-order valence-electron chi connectivity index (χ1n) is 6.21. The molecule has 1 rings (SSSR count). The van der Waals surface area contributed by atoms with Gasteiger partial charge in [-0.2, -0.15) is 4.98 Å². The Bertz CT molecular complexity index is 302. The smallest absolute Gasteiger partial charge is 0.297 e. The molecule has 17 heavy (non-hydrogen) atoms. The summed E-state index contributed by atoms with van der Waals surface area (Å²) >= 11 is 0. The minimum absolute atomic E-state index is 0.651. The molecule has 5 nitrogen and oxygen atoms in total. The lowest BCUT2D eigenvalue weighted by atomic mass is 10.4. The predicted octanol–water partition coefficient (Wildman–Crippen LogP) is 1.65. The molecule has 0 saturated heterocycles. The molecule has 0 radical (unpaired) electrons. The molecule has 98 valence electrons. The van der Waals surface area contributed by atoms with Gasteiger partial charge >= 0.3 is 0 Å². The van der Waals surface area contributed by atoms with Crippen LogP contribution in [-0.4, -0.2) is 38.3 Å². The number of anilines is 1. The number of hydrogen-bond acceptors (Lipinski definition) is 5. The number of nitrogens with zero attached hydrogens (tertiary/aromatic N) is 2. The number of ether oxygens (including phenoxy) is 1. The van der Waals surface area contributed by atoms with Crippen molar-refractivity contribution in [3.8, 4) is 0 Å². The molecule has 0 atom stereocenters. The number of rotatable bonds is 9. The van der Waals surface area contributed by atoms with E-state index in [1.165, 1.54) is 0 Å². The standard InChI is InChI=1S/C12H23N3O2/c1-4-6-13-9-11-10-17-12(14-11)15(3)7-8-16-5-2/h10,13H,4-9H2,1-3H3. The Hall–Kier alpha value is -1.07. The van der Waals surface area contributed by atoms with Crippen molar-refractivity contribution in [3.05, 3.63) is 12.0 Å². The van der Waals surface area contributed by atoms with Crippen molar-refractivity contribution in [1.29, 1.82) is 0 Å². The van der Waals surface area contributed by atoms with E-state index in [1.54, 1.807) is 6.26 Å².